The van der Waals surface area contributed by atoms with E-state index >= 15 is 0 Å². The van der Waals surface area contributed by atoms with E-state index in [1.54, 1.807) is 14.0 Å². The van der Waals surface area contributed by atoms with Gasteiger partial charge in [-0.2, -0.15) is 0 Å². The van der Waals surface area contributed by atoms with E-state index in [-0.39, 0.29) is 6.03 Å². The predicted molar refractivity (Wildman–Crippen MR) is 66.9 cm³/mol. The van der Waals surface area contributed by atoms with E-state index < -0.39 is 11.5 Å². The van der Waals surface area contributed by atoms with Crippen molar-refractivity contribution < 1.29 is 14.7 Å². The molecule has 0 aromatic rings. The lowest BCUT2D eigenvalue weighted by Gasteiger charge is -2.28. The van der Waals surface area contributed by atoms with Gasteiger partial charge in [0.05, 0.1) is 0 Å². The fraction of sp³-hybridized carbons (Fsp3) is 0.833. The first-order valence-electron chi connectivity index (χ1n) is 5.99. The zero-order valence-corrected chi connectivity index (χ0v) is 11.4. The van der Waals surface area contributed by atoms with Gasteiger partial charge in [-0.25, -0.2) is 9.59 Å². The molecule has 100 valence electrons. The third-order valence-electron chi connectivity index (χ3n) is 2.95. The fourth-order valence-corrected chi connectivity index (χ4v) is 1.18. The number of carbonyl (C=O) groups excluding carboxylic acids is 1. The highest BCUT2D eigenvalue weighted by molar-refractivity contribution is 5.85. The molecule has 5 heteroatoms. The van der Waals surface area contributed by atoms with Crippen molar-refractivity contribution in [1.29, 1.82) is 0 Å². The van der Waals surface area contributed by atoms with Crippen LogP contribution in [0.4, 0.5) is 4.79 Å². The number of carbonyl (C=O) groups is 2. The second-order valence-corrected chi connectivity index (χ2v) is 5.03. The van der Waals surface area contributed by atoms with Crippen LogP contribution in [0.15, 0.2) is 0 Å². The highest BCUT2D eigenvalue weighted by Gasteiger charge is 2.33. The van der Waals surface area contributed by atoms with Gasteiger partial charge < -0.3 is 15.3 Å². The number of carboxylic acid groups (broad SMARTS) is 1. The van der Waals surface area contributed by atoms with Crippen molar-refractivity contribution >= 4 is 12.0 Å². The van der Waals surface area contributed by atoms with E-state index in [0.717, 1.165) is 6.42 Å². The molecule has 0 saturated carbocycles. The minimum atomic E-state index is -1.19. The molecule has 1 atom stereocenters. The summed E-state index contributed by atoms with van der Waals surface area (Å²) in [6.07, 6.45) is 1.26. The van der Waals surface area contributed by atoms with E-state index in [1.807, 2.05) is 0 Å². The van der Waals surface area contributed by atoms with Crippen LogP contribution in [0.5, 0.6) is 0 Å². The first kappa shape index (κ1) is 15.7. The molecule has 1 unspecified atom stereocenters. The Labute approximate surface area is 103 Å². The molecule has 0 aromatic carbocycles. The number of amides is 2. The summed E-state index contributed by atoms with van der Waals surface area (Å²) < 4.78 is 0. The molecular weight excluding hydrogens is 220 g/mol. The van der Waals surface area contributed by atoms with E-state index in [1.165, 1.54) is 11.8 Å². The van der Waals surface area contributed by atoms with Crippen LogP contribution in [0, 0.1) is 5.92 Å². The van der Waals surface area contributed by atoms with Crippen LogP contribution in [0.3, 0.4) is 0 Å². The lowest BCUT2D eigenvalue weighted by atomic mass is 10.00. The topological polar surface area (TPSA) is 69.6 Å². The molecule has 0 aliphatic rings. The van der Waals surface area contributed by atoms with Crippen LogP contribution in [0.1, 0.15) is 40.5 Å². The van der Waals surface area contributed by atoms with Gasteiger partial charge in [-0.05, 0) is 25.7 Å². The van der Waals surface area contributed by atoms with Gasteiger partial charge in [0.25, 0.3) is 0 Å². The average molecular weight is 244 g/mol. The zero-order valence-electron chi connectivity index (χ0n) is 11.4. The number of hydrogen-bond donors (Lipinski definition) is 2. The van der Waals surface area contributed by atoms with Crippen LogP contribution < -0.4 is 5.32 Å². The largest absolute Gasteiger partial charge is 0.480 e. The number of carboxylic acids is 1. The molecule has 0 rings (SSSR count). The predicted octanol–water partition coefficient (Wildman–Crippen LogP) is 1.93. The summed E-state index contributed by atoms with van der Waals surface area (Å²) >= 11 is 0. The SMILES string of the molecule is CCC(C)(NC(=O)N(C)CCC(C)C)C(=O)O. The number of rotatable bonds is 6. The Kier molecular flexibility index (Phi) is 5.99. The van der Waals surface area contributed by atoms with E-state index in [2.05, 4.69) is 19.2 Å². The molecule has 0 saturated heterocycles. The van der Waals surface area contributed by atoms with Crippen LogP contribution in [-0.2, 0) is 4.79 Å². The summed E-state index contributed by atoms with van der Waals surface area (Å²) in [6.45, 7) is 8.05. The maximum absolute atomic E-state index is 11.8. The van der Waals surface area contributed by atoms with Crippen LogP contribution in [-0.4, -0.2) is 41.1 Å². The molecule has 5 nitrogen and oxygen atoms in total. The molecule has 0 aliphatic carbocycles. The number of aliphatic carboxylic acids is 1. The van der Waals surface area contributed by atoms with Gasteiger partial charge in [0.15, 0.2) is 0 Å². The Morgan fingerprint density at radius 3 is 2.29 bits per heavy atom. The van der Waals surface area contributed by atoms with Gasteiger partial charge in [0, 0.05) is 13.6 Å². The van der Waals surface area contributed by atoms with Crippen molar-refractivity contribution in [3.05, 3.63) is 0 Å². The summed E-state index contributed by atoms with van der Waals surface area (Å²) in [6, 6.07) is -0.336. The van der Waals surface area contributed by atoms with Crippen LogP contribution in [0.25, 0.3) is 0 Å². The first-order chi connectivity index (χ1) is 7.73. The smallest absolute Gasteiger partial charge is 0.329 e. The van der Waals surface area contributed by atoms with Crippen LogP contribution in [0.2, 0.25) is 0 Å². The highest BCUT2D eigenvalue weighted by atomic mass is 16.4. The minimum Gasteiger partial charge on any atom is -0.480 e. The monoisotopic (exact) mass is 244 g/mol. The Morgan fingerprint density at radius 1 is 1.41 bits per heavy atom. The summed E-state index contributed by atoms with van der Waals surface area (Å²) in [5, 5.41) is 11.6. The second-order valence-electron chi connectivity index (χ2n) is 5.03. The van der Waals surface area contributed by atoms with Gasteiger partial charge in [0.1, 0.15) is 5.54 Å². The summed E-state index contributed by atoms with van der Waals surface area (Å²) in [5.74, 6) is -0.493. The Hall–Kier alpha value is -1.26. The maximum atomic E-state index is 11.8. The number of nitrogens with one attached hydrogen (secondary N) is 1. The van der Waals surface area contributed by atoms with Crippen molar-refractivity contribution in [2.45, 2.75) is 46.1 Å². The van der Waals surface area contributed by atoms with Crippen molar-refractivity contribution in [2.75, 3.05) is 13.6 Å². The third-order valence-corrected chi connectivity index (χ3v) is 2.95. The van der Waals surface area contributed by atoms with Gasteiger partial charge in [0.2, 0.25) is 0 Å². The number of urea groups is 1. The van der Waals surface area contributed by atoms with Crippen LogP contribution >= 0.6 is 0 Å². The first-order valence-corrected chi connectivity index (χ1v) is 5.99. The Balaban J connectivity index is 4.37. The van der Waals surface area contributed by atoms with Gasteiger partial charge in [-0.3, -0.25) is 0 Å². The lowest BCUT2D eigenvalue weighted by molar-refractivity contribution is -0.143. The quantitative estimate of drug-likeness (QED) is 0.750. The molecule has 0 heterocycles. The zero-order chi connectivity index (χ0) is 13.6. The van der Waals surface area contributed by atoms with Crippen molar-refractivity contribution in [3.8, 4) is 0 Å². The molecule has 0 fully saturated rings. The minimum absolute atomic E-state index is 0.336. The fourth-order valence-electron chi connectivity index (χ4n) is 1.18. The second kappa shape index (κ2) is 6.47. The summed E-state index contributed by atoms with van der Waals surface area (Å²) in [7, 11) is 1.68. The van der Waals surface area contributed by atoms with Crippen molar-refractivity contribution in [3.63, 3.8) is 0 Å². The molecule has 0 spiro atoms. The molecule has 17 heavy (non-hydrogen) atoms. The molecular formula is C12H24N2O3. The molecule has 0 bridgehead atoms. The van der Waals surface area contributed by atoms with E-state index in [0.29, 0.717) is 18.9 Å². The molecule has 0 aromatic heterocycles. The van der Waals surface area contributed by atoms with E-state index in [9.17, 15) is 9.59 Å². The molecule has 2 amide bonds. The standard InChI is InChI=1S/C12H24N2O3/c1-6-12(4,10(15)16)13-11(17)14(5)8-7-9(2)3/h9H,6-8H2,1-5H3,(H,13,17)(H,15,16). The number of hydrogen-bond acceptors (Lipinski definition) is 2. The van der Waals surface area contributed by atoms with Crippen molar-refractivity contribution in [1.82, 2.24) is 10.2 Å². The Morgan fingerprint density at radius 2 is 1.94 bits per heavy atom. The molecule has 0 radical (unpaired) electrons. The Bertz CT molecular complexity index is 279. The van der Waals surface area contributed by atoms with Crippen molar-refractivity contribution in [2.24, 2.45) is 5.92 Å². The lowest BCUT2D eigenvalue weighted by Crippen LogP contribution is -2.55. The maximum Gasteiger partial charge on any atom is 0.329 e. The summed E-state index contributed by atoms with van der Waals surface area (Å²) in [5.41, 5.74) is -1.19. The molecule has 2 N–H and O–H groups in total. The van der Waals surface area contributed by atoms with Gasteiger partial charge >= 0.3 is 12.0 Å². The van der Waals surface area contributed by atoms with Gasteiger partial charge in [-0.1, -0.05) is 20.8 Å². The van der Waals surface area contributed by atoms with Gasteiger partial charge in [-0.15, -0.1) is 0 Å². The normalized spacial score (nSPS) is 14.2. The third kappa shape index (κ3) is 5.06. The highest BCUT2D eigenvalue weighted by Crippen LogP contribution is 2.10. The average Bonchev–Trinajstić information content (AvgIpc) is 2.24. The van der Waals surface area contributed by atoms with E-state index in [4.69, 9.17) is 5.11 Å². The number of nitrogens with zero attached hydrogens (tertiary/aromatic N) is 1. The summed E-state index contributed by atoms with van der Waals surface area (Å²) in [4.78, 5) is 24.4. The molecule has 0 aliphatic heterocycles.